The summed E-state index contributed by atoms with van der Waals surface area (Å²) in [6.45, 7) is 3.73. The predicted molar refractivity (Wildman–Crippen MR) is 64.2 cm³/mol. The van der Waals surface area contributed by atoms with Crippen LogP contribution in [0.15, 0.2) is 0 Å². The van der Waals surface area contributed by atoms with Gasteiger partial charge in [0.15, 0.2) is 0 Å². The van der Waals surface area contributed by atoms with Gasteiger partial charge in [0.1, 0.15) is 0 Å². The zero-order chi connectivity index (χ0) is 11.5. The van der Waals surface area contributed by atoms with Crippen molar-refractivity contribution >= 4 is 0 Å². The van der Waals surface area contributed by atoms with Gasteiger partial charge in [0.2, 0.25) is 0 Å². The van der Waals surface area contributed by atoms with Crippen LogP contribution in [0.1, 0.15) is 45.4 Å². The molecule has 4 unspecified atom stereocenters. The van der Waals surface area contributed by atoms with Crippen LogP contribution in [0.2, 0.25) is 0 Å². The van der Waals surface area contributed by atoms with E-state index in [0.29, 0.717) is 12.0 Å². The third kappa shape index (κ3) is 2.76. The van der Waals surface area contributed by atoms with Crippen molar-refractivity contribution in [3.8, 4) is 0 Å². The Bertz CT molecular complexity index is 220. The number of aliphatic hydroxyl groups excluding tert-OH is 2. The largest absolute Gasteiger partial charge is 0.393 e. The smallest absolute Gasteiger partial charge is 0.0639 e. The molecule has 0 spiro atoms. The number of rotatable bonds is 3. The average molecular weight is 227 g/mol. The first-order chi connectivity index (χ1) is 7.68. The zero-order valence-electron chi connectivity index (χ0n) is 10.3. The molecule has 3 heteroatoms. The zero-order valence-corrected chi connectivity index (χ0v) is 10.3. The number of aliphatic hydroxyl groups is 2. The maximum Gasteiger partial charge on any atom is 0.0639 e. The summed E-state index contributed by atoms with van der Waals surface area (Å²) < 4.78 is 0. The number of β-amino-alcohol motifs (C(OH)–C–C–N with tert-alkyl or cyclic N) is 1. The normalized spacial score (nSPS) is 38.8. The van der Waals surface area contributed by atoms with Gasteiger partial charge in [0, 0.05) is 18.5 Å². The molecule has 1 saturated carbocycles. The molecule has 2 N–H and O–H groups in total. The van der Waals surface area contributed by atoms with Crippen LogP contribution in [-0.2, 0) is 0 Å². The Morgan fingerprint density at radius 3 is 2.62 bits per heavy atom. The fourth-order valence-corrected chi connectivity index (χ4v) is 3.49. The first kappa shape index (κ1) is 12.3. The third-order valence-electron chi connectivity index (χ3n) is 4.19. The highest BCUT2D eigenvalue weighted by molar-refractivity contribution is 4.90. The van der Waals surface area contributed by atoms with E-state index in [1.54, 1.807) is 0 Å². The Labute approximate surface area is 98.5 Å². The van der Waals surface area contributed by atoms with Crippen molar-refractivity contribution in [2.24, 2.45) is 5.92 Å². The Kier molecular flexibility index (Phi) is 4.22. The molecule has 2 fully saturated rings. The van der Waals surface area contributed by atoms with Crippen molar-refractivity contribution in [2.75, 3.05) is 13.1 Å². The van der Waals surface area contributed by atoms with Gasteiger partial charge in [-0.05, 0) is 39.2 Å². The van der Waals surface area contributed by atoms with Crippen LogP contribution in [0.3, 0.4) is 0 Å². The van der Waals surface area contributed by atoms with Crippen LogP contribution < -0.4 is 0 Å². The molecular weight excluding hydrogens is 202 g/mol. The van der Waals surface area contributed by atoms with Crippen LogP contribution in [0.25, 0.3) is 0 Å². The molecule has 0 amide bonds. The SMILES string of the molecule is CC(O)CN1CCCCC1C1CCCC1O. The summed E-state index contributed by atoms with van der Waals surface area (Å²) in [5.41, 5.74) is 0. The molecule has 1 aliphatic heterocycles. The number of likely N-dealkylation sites (tertiary alicyclic amines) is 1. The van der Waals surface area contributed by atoms with Crippen LogP contribution in [0.4, 0.5) is 0 Å². The van der Waals surface area contributed by atoms with Gasteiger partial charge in [-0.15, -0.1) is 0 Å². The van der Waals surface area contributed by atoms with Gasteiger partial charge >= 0.3 is 0 Å². The van der Waals surface area contributed by atoms with Gasteiger partial charge in [0.25, 0.3) is 0 Å². The molecule has 1 saturated heterocycles. The summed E-state index contributed by atoms with van der Waals surface area (Å²) in [6.07, 6.45) is 6.69. The van der Waals surface area contributed by atoms with Crippen LogP contribution in [0.5, 0.6) is 0 Å². The lowest BCUT2D eigenvalue weighted by Gasteiger charge is -2.41. The fourth-order valence-electron chi connectivity index (χ4n) is 3.49. The summed E-state index contributed by atoms with van der Waals surface area (Å²) in [6, 6.07) is 0.515. The van der Waals surface area contributed by atoms with Crippen molar-refractivity contribution in [2.45, 2.75) is 63.7 Å². The van der Waals surface area contributed by atoms with E-state index in [1.165, 1.54) is 32.1 Å². The molecule has 0 aromatic carbocycles. The van der Waals surface area contributed by atoms with Crippen LogP contribution in [-0.4, -0.2) is 46.5 Å². The molecular formula is C13H25NO2. The quantitative estimate of drug-likeness (QED) is 0.765. The second kappa shape index (κ2) is 5.48. The van der Waals surface area contributed by atoms with Crippen molar-refractivity contribution in [1.82, 2.24) is 4.90 Å². The van der Waals surface area contributed by atoms with Gasteiger partial charge < -0.3 is 10.2 Å². The van der Waals surface area contributed by atoms with Crippen molar-refractivity contribution in [1.29, 1.82) is 0 Å². The van der Waals surface area contributed by atoms with E-state index < -0.39 is 0 Å². The van der Waals surface area contributed by atoms with Crippen molar-refractivity contribution in [3.05, 3.63) is 0 Å². The molecule has 1 aliphatic carbocycles. The van der Waals surface area contributed by atoms with Crippen LogP contribution in [0, 0.1) is 5.92 Å². The Morgan fingerprint density at radius 1 is 1.19 bits per heavy atom. The van der Waals surface area contributed by atoms with E-state index in [-0.39, 0.29) is 12.2 Å². The maximum atomic E-state index is 10.0. The van der Waals surface area contributed by atoms with Crippen molar-refractivity contribution in [3.63, 3.8) is 0 Å². The number of piperidine rings is 1. The Balaban J connectivity index is 1.98. The first-order valence-electron chi connectivity index (χ1n) is 6.78. The summed E-state index contributed by atoms with van der Waals surface area (Å²) in [7, 11) is 0. The van der Waals surface area contributed by atoms with E-state index in [0.717, 1.165) is 19.5 Å². The minimum absolute atomic E-state index is 0.0976. The predicted octanol–water partition coefficient (Wildman–Crippen LogP) is 1.38. The second-order valence-electron chi connectivity index (χ2n) is 5.57. The molecule has 2 rings (SSSR count). The standard InChI is InChI=1S/C13H25NO2/c1-10(15)9-14-8-3-2-6-12(14)11-5-4-7-13(11)16/h10-13,15-16H,2-9H2,1H3. The third-order valence-corrected chi connectivity index (χ3v) is 4.19. The summed E-state index contributed by atoms with van der Waals surface area (Å²) in [5, 5.41) is 19.5. The average Bonchev–Trinajstić information content (AvgIpc) is 2.64. The monoisotopic (exact) mass is 227 g/mol. The highest BCUT2D eigenvalue weighted by Crippen LogP contribution is 2.35. The van der Waals surface area contributed by atoms with Gasteiger partial charge in [-0.3, -0.25) is 4.90 Å². The van der Waals surface area contributed by atoms with E-state index in [1.807, 2.05) is 6.92 Å². The second-order valence-corrected chi connectivity index (χ2v) is 5.57. The maximum absolute atomic E-state index is 10.0. The molecule has 0 radical (unpaired) electrons. The minimum atomic E-state index is -0.251. The number of hydrogen-bond acceptors (Lipinski definition) is 3. The lowest BCUT2D eigenvalue weighted by atomic mass is 9.87. The van der Waals surface area contributed by atoms with Gasteiger partial charge in [-0.25, -0.2) is 0 Å². The van der Waals surface area contributed by atoms with Gasteiger partial charge in [0.05, 0.1) is 12.2 Å². The molecule has 94 valence electrons. The number of nitrogens with zero attached hydrogens (tertiary/aromatic N) is 1. The minimum Gasteiger partial charge on any atom is -0.393 e. The molecule has 3 nitrogen and oxygen atoms in total. The van der Waals surface area contributed by atoms with Crippen molar-refractivity contribution < 1.29 is 10.2 Å². The van der Waals surface area contributed by atoms with E-state index >= 15 is 0 Å². The van der Waals surface area contributed by atoms with E-state index in [2.05, 4.69) is 4.90 Å². The number of hydrogen-bond donors (Lipinski definition) is 2. The van der Waals surface area contributed by atoms with Crippen LogP contribution >= 0.6 is 0 Å². The highest BCUT2D eigenvalue weighted by atomic mass is 16.3. The lowest BCUT2D eigenvalue weighted by Crippen LogP contribution is -2.48. The molecule has 1 heterocycles. The van der Waals surface area contributed by atoms with Gasteiger partial charge in [-0.1, -0.05) is 12.8 Å². The lowest BCUT2D eigenvalue weighted by molar-refractivity contribution is 0.0132. The summed E-state index contributed by atoms with van der Waals surface area (Å²) >= 11 is 0. The molecule has 0 aromatic rings. The summed E-state index contributed by atoms with van der Waals surface area (Å²) in [5.74, 6) is 0.457. The van der Waals surface area contributed by atoms with Gasteiger partial charge in [-0.2, -0.15) is 0 Å². The molecule has 16 heavy (non-hydrogen) atoms. The molecule has 2 aliphatic rings. The molecule has 0 bridgehead atoms. The van der Waals surface area contributed by atoms with E-state index in [4.69, 9.17) is 0 Å². The first-order valence-corrected chi connectivity index (χ1v) is 6.78. The Morgan fingerprint density at radius 2 is 2.00 bits per heavy atom. The summed E-state index contributed by atoms with van der Waals surface area (Å²) in [4.78, 5) is 2.41. The topological polar surface area (TPSA) is 43.7 Å². The fraction of sp³-hybridized carbons (Fsp3) is 1.00. The molecule has 4 atom stereocenters. The highest BCUT2D eigenvalue weighted by Gasteiger charge is 2.36. The van der Waals surface area contributed by atoms with E-state index in [9.17, 15) is 10.2 Å². The Hall–Kier alpha value is -0.120. The molecule has 0 aromatic heterocycles.